The lowest BCUT2D eigenvalue weighted by molar-refractivity contribution is -0.120. The van der Waals surface area contributed by atoms with Crippen LogP contribution in [0.25, 0.3) is 0 Å². The van der Waals surface area contributed by atoms with E-state index < -0.39 is 0 Å². The van der Waals surface area contributed by atoms with Crippen LogP contribution in [0.2, 0.25) is 0 Å². The molecule has 1 aromatic carbocycles. The molecule has 0 fully saturated rings. The van der Waals surface area contributed by atoms with Crippen LogP contribution >= 0.6 is 27.5 Å². The van der Waals surface area contributed by atoms with Crippen LogP contribution in [-0.2, 0) is 4.79 Å². The predicted octanol–water partition coefficient (Wildman–Crippen LogP) is 2.97. The molecule has 0 radical (unpaired) electrons. The minimum absolute atomic E-state index is 0.0251. The molecule has 0 saturated carbocycles. The molecule has 1 rings (SSSR count). The zero-order valence-corrected chi connectivity index (χ0v) is 12.8. The fourth-order valence-electron chi connectivity index (χ4n) is 1.25. The van der Waals surface area contributed by atoms with E-state index in [4.69, 9.17) is 16.3 Å². The van der Waals surface area contributed by atoms with Gasteiger partial charge in [0.05, 0.1) is 6.54 Å². The Morgan fingerprint density at radius 1 is 1.42 bits per heavy atom. The van der Waals surface area contributed by atoms with E-state index in [0.29, 0.717) is 31.9 Å². The fraction of sp³-hybridized carbons (Fsp3) is 0.357. The summed E-state index contributed by atoms with van der Waals surface area (Å²) < 4.78 is 6.39. The Morgan fingerprint density at radius 2 is 2.26 bits per heavy atom. The lowest BCUT2D eigenvalue weighted by Crippen LogP contribution is -2.23. The van der Waals surface area contributed by atoms with Crippen molar-refractivity contribution in [2.75, 3.05) is 19.0 Å². The van der Waals surface area contributed by atoms with E-state index in [1.807, 2.05) is 24.3 Å². The second-order valence-electron chi connectivity index (χ2n) is 3.67. The average molecular weight is 345 g/mol. The van der Waals surface area contributed by atoms with Crippen molar-refractivity contribution in [2.45, 2.75) is 12.8 Å². The van der Waals surface area contributed by atoms with Crippen LogP contribution in [0.3, 0.4) is 0 Å². The van der Waals surface area contributed by atoms with Crippen LogP contribution in [0.5, 0.6) is 5.75 Å². The average Bonchev–Trinajstić information content (AvgIpc) is 2.40. The van der Waals surface area contributed by atoms with Crippen LogP contribution in [0.1, 0.15) is 12.8 Å². The number of rotatable bonds is 6. The van der Waals surface area contributed by atoms with Gasteiger partial charge in [0, 0.05) is 16.8 Å². The van der Waals surface area contributed by atoms with Crippen molar-refractivity contribution >= 4 is 33.4 Å². The molecule has 3 nitrogen and oxygen atoms in total. The van der Waals surface area contributed by atoms with E-state index in [1.54, 1.807) is 0 Å². The zero-order valence-electron chi connectivity index (χ0n) is 10.4. The summed E-state index contributed by atoms with van der Waals surface area (Å²) in [6, 6.07) is 7.55. The smallest absolute Gasteiger partial charge is 0.220 e. The number of nitrogens with one attached hydrogen (secondary N) is 1. The molecule has 0 saturated heterocycles. The quantitative estimate of drug-likeness (QED) is 0.636. The maximum absolute atomic E-state index is 11.2. The Balaban J connectivity index is 2.16. The first-order valence-corrected chi connectivity index (χ1v) is 7.22. The number of carbonyl (C=O) groups excluding carboxylic acids is 1. The first kappa shape index (κ1) is 15.9. The molecule has 1 aromatic rings. The molecule has 0 heterocycles. The Bertz CT molecular complexity index is 468. The number of benzene rings is 1. The number of halogens is 2. The molecule has 0 aromatic heterocycles. The number of amides is 1. The van der Waals surface area contributed by atoms with Gasteiger partial charge in [0.2, 0.25) is 5.91 Å². The lowest BCUT2D eigenvalue weighted by atomic mass is 10.3. The van der Waals surface area contributed by atoms with Gasteiger partial charge in [-0.05, 0) is 24.6 Å². The van der Waals surface area contributed by atoms with E-state index in [0.717, 1.165) is 10.2 Å². The van der Waals surface area contributed by atoms with Crippen LogP contribution in [0, 0.1) is 11.8 Å². The molecule has 0 bridgehead atoms. The lowest BCUT2D eigenvalue weighted by Gasteiger charge is -2.01. The van der Waals surface area contributed by atoms with Gasteiger partial charge in [-0.25, -0.2) is 0 Å². The summed E-state index contributed by atoms with van der Waals surface area (Å²) in [5.41, 5.74) is 0. The topological polar surface area (TPSA) is 38.3 Å². The fourth-order valence-corrected chi connectivity index (χ4v) is 1.76. The van der Waals surface area contributed by atoms with Crippen molar-refractivity contribution < 1.29 is 9.53 Å². The van der Waals surface area contributed by atoms with Crippen molar-refractivity contribution in [3.8, 4) is 17.6 Å². The largest absolute Gasteiger partial charge is 0.481 e. The second-order valence-corrected chi connectivity index (χ2v) is 4.96. The van der Waals surface area contributed by atoms with Crippen molar-refractivity contribution in [1.29, 1.82) is 0 Å². The van der Waals surface area contributed by atoms with Gasteiger partial charge >= 0.3 is 0 Å². The Hall–Kier alpha value is -1.18. The van der Waals surface area contributed by atoms with E-state index >= 15 is 0 Å². The van der Waals surface area contributed by atoms with Gasteiger partial charge < -0.3 is 10.1 Å². The summed E-state index contributed by atoms with van der Waals surface area (Å²) >= 11 is 8.85. The van der Waals surface area contributed by atoms with Crippen LogP contribution in [0.15, 0.2) is 28.7 Å². The highest BCUT2D eigenvalue weighted by atomic mass is 79.9. The van der Waals surface area contributed by atoms with Gasteiger partial charge in [0.25, 0.3) is 0 Å². The first-order valence-electron chi connectivity index (χ1n) is 5.89. The van der Waals surface area contributed by atoms with Gasteiger partial charge in [-0.3, -0.25) is 4.79 Å². The number of hydrogen-bond donors (Lipinski definition) is 1. The summed E-state index contributed by atoms with van der Waals surface area (Å²) in [7, 11) is 0. The number of ether oxygens (including phenoxy) is 1. The molecule has 19 heavy (non-hydrogen) atoms. The molecular weight excluding hydrogens is 330 g/mol. The minimum atomic E-state index is -0.0251. The second kappa shape index (κ2) is 9.71. The van der Waals surface area contributed by atoms with Gasteiger partial charge in [-0.2, -0.15) is 0 Å². The molecule has 0 unspecified atom stereocenters. The van der Waals surface area contributed by atoms with E-state index in [1.165, 1.54) is 0 Å². The van der Waals surface area contributed by atoms with Gasteiger partial charge in [-0.15, -0.1) is 11.6 Å². The highest BCUT2D eigenvalue weighted by Gasteiger charge is 1.97. The van der Waals surface area contributed by atoms with Crippen molar-refractivity contribution in [3.05, 3.63) is 28.7 Å². The molecular formula is C14H15BrClNO2. The van der Waals surface area contributed by atoms with Crippen LogP contribution in [-0.4, -0.2) is 24.9 Å². The van der Waals surface area contributed by atoms with Gasteiger partial charge in [-0.1, -0.05) is 33.8 Å². The summed E-state index contributed by atoms with van der Waals surface area (Å²) in [4.78, 5) is 11.2. The molecule has 102 valence electrons. The normalized spacial score (nSPS) is 9.37. The predicted molar refractivity (Wildman–Crippen MR) is 80.4 cm³/mol. The van der Waals surface area contributed by atoms with Crippen molar-refractivity contribution in [2.24, 2.45) is 0 Å². The first-order chi connectivity index (χ1) is 9.22. The third kappa shape index (κ3) is 7.76. The SMILES string of the molecule is O=C(CCCCl)NCC#CCOc1cccc(Br)c1. The number of hydrogen-bond acceptors (Lipinski definition) is 2. The molecule has 0 atom stereocenters. The molecule has 5 heteroatoms. The highest BCUT2D eigenvalue weighted by Crippen LogP contribution is 2.17. The molecule has 0 aliphatic carbocycles. The molecule has 0 aliphatic rings. The van der Waals surface area contributed by atoms with E-state index in [2.05, 4.69) is 33.1 Å². The van der Waals surface area contributed by atoms with Gasteiger partial charge in [0.1, 0.15) is 12.4 Å². The maximum atomic E-state index is 11.2. The summed E-state index contributed by atoms with van der Waals surface area (Å²) in [5.74, 6) is 6.90. The van der Waals surface area contributed by atoms with Crippen molar-refractivity contribution in [1.82, 2.24) is 5.32 Å². The van der Waals surface area contributed by atoms with E-state index in [9.17, 15) is 4.79 Å². The van der Waals surface area contributed by atoms with Gasteiger partial charge in [0.15, 0.2) is 0 Å². The molecule has 0 spiro atoms. The third-order valence-electron chi connectivity index (χ3n) is 2.14. The minimum Gasteiger partial charge on any atom is -0.481 e. The summed E-state index contributed by atoms with van der Waals surface area (Å²) in [5, 5.41) is 2.69. The highest BCUT2D eigenvalue weighted by molar-refractivity contribution is 9.10. The van der Waals surface area contributed by atoms with Crippen molar-refractivity contribution in [3.63, 3.8) is 0 Å². The Labute approximate surface area is 126 Å². The van der Waals surface area contributed by atoms with Crippen LogP contribution < -0.4 is 10.1 Å². The standard InChI is InChI=1S/C14H15BrClNO2/c15-12-5-3-6-13(11-12)19-10-2-1-9-17-14(18)7-4-8-16/h3,5-6,11H,4,7-10H2,(H,17,18). The number of carbonyl (C=O) groups is 1. The Morgan fingerprint density at radius 3 is 3.00 bits per heavy atom. The van der Waals surface area contributed by atoms with Crippen LogP contribution in [0.4, 0.5) is 0 Å². The third-order valence-corrected chi connectivity index (χ3v) is 2.90. The molecule has 0 aliphatic heterocycles. The Kier molecular flexibility index (Phi) is 8.11. The zero-order chi connectivity index (χ0) is 13.9. The maximum Gasteiger partial charge on any atom is 0.220 e. The van der Waals surface area contributed by atoms with E-state index in [-0.39, 0.29) is 5.91 Å². The molecule has 1 N–H and O–H groups in total. The monoisotopic (exact) mass is 343 g/mol. The summed E-state index contributed by atoms with van der Waals surface area (Å²) in [6.07, 6.45) is 1.13. The number of alkyl halides is 1. The summed E-state index contributed by atoms with van der Waals surface area (Å²) in [6.45, 7) is 0.636. The molecule has 1 amide bonds.